The second kappa shape index (κ2) is 7.21. The van der Waals surface area contributed by atoms with Gasteiger partial charge in [-0.1, -0.05) is 48.9 Å². The normalized spacial score (nSPS) is 15.8. The Kier molecular flexibility index (Phi) is 4.73. The van der Waals surface area contributed by atoms with Gasteiger partial charge in [-0.05, 0) is 49.2 Å². The van der Waals surface area contributed by atoms with Gasteiger partial charge < -0.3 is 5.11 Å². The number of nitrogens with zero attached hydrogens (tertiary/aromatic N) is 2. The topological polar surface area (TPSA) is 53.4 Å². The molecule has 0 radical (unpaired) electrons. The first kappa shape index (κ1) is 18.4. The lowest BCUT2D eigenvalue weighted by atomic mass is 9.91. The van der Waals surface area contributed by atoms with Crippen LogP contribution in [0.2, 0.25) is 0 Å². The zero-order valence-corrected chi connectivity index (χ0v) is 16.5. The largest absolute Gasteiger partial charge is 0.478 e. The number of hydrogen-bond donors (Lipinski definition) is 1. The molecule has 1 aliphatic rings. The summed E-state index contributed by atoms with van der Waals surface area (Å²) < 4.78 is 0. The lowest BCUT2D eigenvalue weighted by molar-refractivity contribution is 0.0696. The molecule has 3 aromatic rings. The smallest absolute Gasteiger partial charge is 0.336 e. The highest BCUT2D eigenvalue weighted by Gasteiger charge is 2.27. The highest BCUT2D eigenvalue weighted by molar-refractivity contribution is 6.06. The Hall–Kier alpha value is -2.98. The Bertz CT molecular complexity index is 1120. The summed E-state index contributed by atoms with van der Waals surface area (Å²) in [7, 11) is 0. The van der Waals surface area contributed by atoms with Gasteiger partial charge in [-0.15, -0.1) is 0 Å². The van der Waals surface area contributed by atoms with Crippen LogP contribution in [0, 0.1) is 13.8 Å². The Morgan fingerprint density at radius 1 is 1.18 bits per heavy atom. The number of aryl methyl sites for hydroxylation is 2. The number of carboxylic acid groups (broad SMARTS) is 1. The number of para-hydroxylation sites is 1. The Morgan fingerprint density at radius 2 is 1.96 bits per heavy atom. The summed E-state index contributed by atoms with van der Waals surface area (Å²) in [5.41, 5.74) is 7.39. The summed E-state index contributed by atoms with van der Waals surface area (Å²) >= 11 is 0. The molecule has 1 aromatic heterocycles. The molecule has 0 amide bonds. The van der Waals surface area contributed by atoms with Crippen LogP contribution in [0.25, 0.3) is 22.6 Å². The number of aromatic nitrogens is 1. The molecule has 0 saturated carbocycles. The molecule has 0 unspecified atom stereocenters. The van der Waals surface area contributed by atoms with Crippen molar-refractivity contribution in [3.8, 4) is 0 Å². The second-order valence-corrected chi connectivity index (χ2v) is 7.47. The molecule has 142 valence electrons. The molecule has 0 spiro atoms. The van der Waals surface area contributed by atoms with E-state index < -0.39 is 5.97 Å². The minimum absolute atomic E-state index is 0.380. The van der Waals surface area contributed by atoms with E-state index in [9.17, 15) is 9.90 Å². The molecule has 4 nitrogen and oxygen atoms in total. The number of rotatable bonds is 3. The van der Waals surface area contributed by atoms with Gasteiger partial charge in [-0.2, -0.15) is 0 Å². The average Bonchev–Trinajstić information content (AvgIpc) is 2.68. The van der Waals surface area contributed by atoms with E-state index in [4.69, 9.17) is 4.98 Å². The summed E-state index contributed by atoms with van der Waals surface area (Å²) in [4.78, 5) is 19.3. The van der Waals surface area contributed by atoms with Crippen molar-refractivity contribution in [3.05, 3.63) is 76.0 Å². The van der Waals surface area contributed by atoms with Crippen molar-refractivity contribution < 1.29 is 9.90 Å². The number of fused-ring (bicyclic) bond motifs is 2. The van der Waals surface area contributed by atoms with Crippen LogP contribution in [0.3, 0.4) is 0 Å². The van der Waals surface area contributed by atoms with E-state index in [1.807, 2.05) is 24.3 Å². The third-order valence-corrected chi connectivity index (χ3v) is 5.50. The predicted octanol–water partition coefficient (Wildman–Crippen LogP) is 4.93. The van der Waals surface area contributed by atoms with Crippen molar-refractivity contribution >= 4 is 28.5 Å². The van der Waals surface area contributed by atoms with Gasteiger partial charge >= 0.3 is 5.97 Å². The lowest BCUT2D eigenvalue weighted by Crippen LogP contribution is -2.31. The van der Waals surface area contributed by atoms with E-state index in [2.05, 4.69) is 49.9 Å². The van der Waals surface area contributed by atoms with Crippen molar-refractivity contribution in [1.29, 1.82) is 0 Å². The number of carboxylic acids is 1. The molecule has 1 N–H and O–H groups in total. The predicted molar refractivity (Wildman–Crippen MR) is 113 cm³/mol. The third kappa shape index (κ3) is 3.20. The maximum Gasteiger partial charge on any atom is 0.336 e. The summed E-state index contributed by atoms with van der Waals surface area (Å²) in [5, 5.41) is 10.7. The summed E-state index contributed by atoms with van der Waals surface area (Å²) in [6.07, 6.45) is 2.18. The van der Waals surface area contributed by atoms with Crippen LogP contribution in [0.4, 0.5) is 0 Å². The zero-order chi connectivity index (χ0) is 19.8. The average molecular weight is 372 g/mol. The van der Waals surface area contributed by atoms with Gasteiger partial charge in [0.05, 0.1) is 16.8 Å². The number of carbonyl (C=O) groups is 1. The summed E-state index contributed by atoms with van der Waals surface area (Å²) in [6, 6.07) is 13.9. The van der Waals surface area contributed by atoms with Gasteiger partial charge in [-0.3, -0.25) is 4.90 Å². The van der Waals surface area contributed by atoms with Gasteiger partial charge in [0.25, 0.3) is 0 Å². The van der Waals surface area contributed by atoms with Gasteiger partial charge in [0, 0.05) is 24.0 Å². The molecule has 4 rings (SSSR count). The quantitative estimate of drug-likeness (QED) is 0.708. The second-order valence-electron chi connectivity index (χ2n) is 7.47. The van der Waals surface area contributed by atoms with Crippen LogP contribution in [0.5, 0.6) is 0 Å². The highest BCUT2D eigenvalue weighted by atomic mass is 16.4. The third-order valence-electron chi connectivity index (χ3n) is 5.50. The van der Waals surface area contributed by atoms with Crippen LogP contribution in [0.15, 0.2) is 42.5 Å². The van der Waals surface area contributed by atoms with Crippen LogP contribution in [-0.2, 0) is 6.54 Å². The molecule has 4 heteroatoms. The fourth-order valence-corrected chi connectivity index (χ4v) is 3.95. The van der Waals surface area contributed by atoms with E-state index in [-0.39, 0.29) is 0 Å². The Labute approximate surface area is 165 Å². The maximum atomic E-state index is 12.2. The first-order valence-corrected chi connectivity index (χ1v) is 9.63. The van der Waals surface area contributed by atoms with Gasteiger partial charge in [0.2, 0.25) is 0 Å². The van der Waals surface area contributed by atoms with E-state index in [1.54, 1.807) is 0 Å². The molecular weight excluding hydrogens is 348 g/mol. The molecule has 28 heavy (non-hydrogen) atoms. The molecule has 0 fully saturated rings. The van der Waals surface area contributed by atoms with Gasteiger partial charge in [-0.25, -0.2) is 9.78 Å². The lowest BCUT2D eigenvalue weighted by Gasteiger charge is -2.30. The van der Waals surface area contributed by atoms with Crippen molar-refractivity contribution in [2.45, 2.75) is 27.3 Å². The van der Waals surface area contributed by atoms with Crippen LogP contribution in [0.1, 0.15) is 45.2 Å². The monoisotopic (exact) mass is 372 g/mol. The fraction of sp³-hybridized carbons (Fsp3) is 0.250. The molecule has 2 heterocycles. The van der Waals surface area contributed by atoms with E-state index in [1.165, 1.54) is 11.1 Å². The van der Waals surface area contributed by atoms with Crippen molar-refractivity contribution in [2.24, 2.45) is 0 Å². The molecule has 1 aliphatic heterocycles. The Balaban J connectivity index is 2.00. The van der Waals surface area contributed by atoms with E-state index >= 15 is 0 Å². The number of hydrogen-bond acceptors (Lipinski definition) is 3. The van der Waals surface area contributed by atoms with Crippen LogP contribution in [-0.4, -0.2) is 34.0 Å². The zero-order valence-electron chi connectivity index (χ0n) is 16.5. The standard InChI is InChI=1S/C24H24N2O2/c1-4-26-13-18(12-17-11-15(2)9-10-16(17)3)23-20(14-26)22(24(27)28)19-7-5-6-8-21(19)25-23/h5-12H,4,13-14H2,1-3H3,(H,27,28)/b18-12-. The molecular formula is C24H24N2O2. The van der Waals surface area contributed by atoms with E-state index in [0.29, 0.717) is 17.5 Å². The number of benzene rings is 2. The minimum Gasteiger partial charge on any atom is -0.478 e. The first-order chi connectivity index (χ1) is 13.5. The molecule has 0 atom stereocenters. The Morgan fingerprint density at radius 3 is 2.71 bits per heavy atom. The van der Waals surface area contributed by atoms with Crippen molar-refractivity contribution in [2.75, 3.05) is 13.1 Å². The summed E-state index contributed by atoms with van der Waals surface area (Å²) in [6.45, 7) is 8.52. The maximum absolute atomic E-state index is 12.2. The van der Waals surface area contributed by atoms with Gasteiger partial charge in [0.15, 0.2) is 0 Å². The summed E-state index contributed by atoms with van der Waals surface area (Å²) in [5.74, 6) is -0.890. The minimum atomic E-state index is -0.890. The van der Waals surface area contributed by atoms with Gasteiger partial charge in [0.1, 0.15) is 0 Å². The highest BCUT2D eigenvalue weighted by Crippen LogP contribution is 2.34. The number of likely N-dealkylation sites (N-methyl/N-ethyl adjacent to an activating group) is 1. The number of pyridine rings is 1. The number of aromatic carboxylic acids is 1. The molecule has 0 aliphatic carbocycles. The molecule has 0 bridgehead atoms. The van der Waals surface area contributed by atoms with Crippen molar-refractivity contribution in [1.82, 2.24) is 9.88 Å². The van der Waals surface area contributed by atoms with Crippen LogP contribution >= 0.6 is 0 Å². The SMILES string of the molecule is CCN1C/C(=C/c2cc(C)ccc2C)c2nc3ccccc3c(C(=O)O)c2C1. The van der Waals surface area contributed by atoms with Crippen LogP contribution < -0.4 is 0 Å². The molecule has 0 saturated heterocycles. The van der Waals surface area contributed by atoms with Crippen molar-refractivity contribution in [3.63, 3.8) is 0 Å². The van der Waals surface area contributed by atoms with E-state index in [0.717, 1.165) is 41.0 Å². The molecule has 2 aromatic carbocycles. The fourth-order valence-electron chi connectivity index (χ4n) is 3.95. The first-order valence-electron chi connectivity index (χ1n) is 9.63.